The molecule has 25 heavy (non-hydrogen) atoms. The van der Waals surface area contributed by atoms with Gasteiger partial charge in [-0.3, -0.25) is 4.79 Å². The van der Waals surface area contributed by atoms with Crippen LogP contribution in [0, 0.1) is 17.1 Å². The Labute approximate surface area is 146 Å². The number of Topliss-reactive ketones (excluding diaryl/α,β-unsaturated/α-hetero) is 1. The van der Waals surface area contributed by atoms with Gasteiger partial charge in [-0.2, -0.15) is 5.26 Å². The summed E-state index contributed by atoms with van der Waals surface area (Å²) >= 11 is 0. The minimum Gasteiger partial charge on any atom is -0.371 e. The van der Waals surface area contributed by atoms with Crippen LogP contribution in [0.15, 0.2) is 42.5 Å². The highest BCUT2D eigenvalue weighted by molar-refractivity contribution is 5.83. The van der Waals surface area contributed by atoms with Crippen molar-refractivity contribution in [2.24, 2.45) is 0 Å². The van der Waals surface area contributed by atoms with Gasteiger partial charge in [0, 0.05) is 25.9 Å². The molecule has 0 unspecified atom stereocenters. The summed E-state index contributed by atoms with van der Waals surface area (Å²) in [6.07, 6.45) is 0.0701. The van der Waals surface area contributed by atoms with Crippen LogP contribution in [-0.2, 0) is 22.4 Å². The van der Waals surface area contributed by atoms with Crippen LogP contribution < -0.4 is 5.32 Å². The summed E-state index contributed by atoms with van der Waals surface area (Å²) in [6, 6.07) is 13.9. The molecule has 2 aromatic carbocycles. The van der Waals surface area contributed by atoms with Crippen LogP contribution in [0.2, 0.25) is 0 Å². The van der Waals surface area contributed by atoms with E-state index in [4.69, 9.17) is 10.00 Å². The Balaban J connectivity index is 1.65. The Morgan fingerprint density at radius 1 is 1.28 bits per heavy atom. The second-order valence-electron chi connectivity index (χ2n) is 6.12. The highest BCUT2D eigenvalue weighted by atomic mass is 19.1. The maximum Gasteiger partial charge on any atom is 0.141 e. The molecule has 2 aromatic rings. The van der Waals surface area contributed by atoms with Crippen molar-refractivity contribution in [2.45, 2.75) is 18.9 Å². The zero-order chi connectivity index (χ0) is 17.6. The molecule has 3 rings (SSSR count). The van der Waals surface area contributed by atoms with E-state index in [0.717, 1.165) is 17.7 Å². The predicted molar refractivity (Wildman–Crippen MR) is 91.5 cm³/mol. The van der Waals surface area contributed by atoms with Crippen LogP contribution in [-0.4, -0.2) is 25.5 Å². The number of halogens is 1. The molecular formula is C20H19FN2O2. The molecule has 1 atom stereocenters. The SMILES string of the molecule is N#Cc1cccc(CC(=O)Cc2ccc([C@@H]3CNCCO3)cc2F)c1. The average molecular weight is 338 g/mol. The van der Waals surface area contributed by atoms with E-state index in [2.05, 4.69) is 5.32 Å². The lowest BCUT2D eigenvalue weighted by molar-refractivity contribution is -0.117. The van der Waals surface area contributed by atoms with E-state index in [1.54, 1.807) is 30.3 Å². The number of hydrogen-bond acceptors (Lipinski definition) is 4. The van der Waals surface area contributed by atoms with Gasteiger partial charge in [-0.05, 0) is 34.9 Å². The number of ketones is 1. The minimum atomic E-state index is -0.384. The maximum absolute atomic E-state index is 14.4. The Kier molecular flexibility index (Phi) is 5.54. The topological polar surface area (TPSA) is 62.1 Å². The number of carbonyl (C=O) groups excluding carboxylic acids is 1. The number of benzene rings is 2. The molecule has 128 valence electrons. The molecule has 1 N–H and O–H groups in total. The fourth-order valence-electron chi connectivity index (χ4n) is 2.94. The third-order valence-corrected chi connectivity index (χ3v) is 4.22. The lowest BCUT2D eigenvalue weighted by atomic mass is 9.99. The fourth-order valence-corrected chi connectivity index (χ4v) is 2.94. The summed E-state index contributed by atoms with van der Waals surface area (Å²) in [6.45, 7) is 2.07. The van der Waals surface area contributed by atoms with Gasteiger partial charge < -0.3 is 10.1 Å². The molecule has 0 aliphatic carbocycles. The molecule has 0 bridgehead atoms. The van der Waals surface area contributed by atoms with Gasteiger partial charge in [-0.15, -0.1) is 0 Å². The van der Waals surface area contributed by atoms with E-state index in [1.165, 1.54) is 6.07 Å². The van der Waals surface area contributed by atoms with Gasteiger partial charge in [0.15, 0.2) is 0 Å². The molecule has 0 spiro atoms. The molecule has 0 saturated carbocycles. The molecule has 1 saturated heterocycles. The molecule has 4 nitrogen and oxygen atoms in total. The van der Waals surface area contributed by atoms with E-state index in [9.17, 15) is 9.18 Å². The first-order chi connectivity index (χ1) is 12.2. The van der Waals surface area contributed by atoms with Crippen LogP contribution >= 0.6 is 0 Å². The van der Waals surface area contributed by atoms with Crippen molar-refractivity contribution in [3.8, 4) is 6.07 Å². The minimum absolute atomic E-state index is 0.0344. The van der Waals surface area contributed by atoms with Crippen molar-refractivity contribution in [1.82, 2.24) is 5.32 Å². The summed E-state index contributed by atoms with van der Waals surface area (Å²) in [5.74, 6) is -0.469. The summed E-state index contributed by atoms with van der Waals surface area (Å²) in [5, 5.41) is 12.1. The average Bonchev–Trinajstić information content (AvgIpc) is 2.64. The first-order valence-corrected chi connectivity index (χ1v) is 8.27. The molecular weight excluding hydrogens is 319 g/mol. The molecule has 5 heteroatoms. The van der Waals surface area contributed by atoms with E-state index in [1.807, 2.05) is 12.1 Å². The highest BCUT2D eigenvalue weighted by Gasteiger charge is 2.18. The monoisotopic (exact) mass is 338 g/mol. The lowest BCUT2D eigenvalue weighted by Gasteiger charge is -2.24. The van der Waals surface area contributed by atoms with Crippen molar-refractivity contribution < 1.29 is 13.9 Å². The van der Waals surface area contributed by atoms with Gasteiger partial charge in [0.2, 0.25) is 0 Å². The van der Waals surface area contributed by atoms with Crippen molar-refractivity contribution in [3.63, 3.8) is 0 Å². The van der Waals surface area contributed by atoms with Crippen LogP contribution in [0.3, 0.4) is 0 Å². The Hall–Kier alpha value is -2.55. The van der Waals surface area contributed by atoms with Crippen molar-refractivity contribution in [1.29, 1.82) is 5.26 Å². The van der Waals surface area contributed by atoms with Crippen LogP contribution in [0.25, 0.3) is 0 Å². The third kappa shape index (κ3) is 4.50. The van der Waals surface area contributed by atoms with Crippen molar-refractivity contribution in [3.05, 3.63) is 70.5 Å². The van der Waals surface area contributed by atoms with Gasteiger partial charge in [0.25, 0.3) is 0 Å². The van der Waals surface area contributed by atoms with E-state index in [0.29, 0.717) is 24.3 Å². The van der Waals surface area contributed by atoms with E-state index < -0.39 is 0 Å². The second-order valence-corrected chi connectivity index (χ2v) is 6.12. The van der Waals surface area contributed by atoms with Gasteiger partial charge in [-0.1, -0.05) is 24.3 Å². The summed E-state index contributed by atoms with van der Waals surface area (Å²) in [5.41, 5.74) is 2.45. The van der Waals surface area contributed by atoms with E-state index in [-0.39, 0.29) is 30.5 Å². The van der Waals surface area contributed by atoms with Crippen LogP contribution in [0.1, 0.15) is 28.4 Å². The summed E-state index contributed by atoms with van der Waals surface area (Å²) in [7, 11) is 0. The normalized spacial score (nSPS) is 17.0. The molecule has 0 aromatic heterocycles. The number of rotatable bonds is 5. The lowest BCUT2D eigenvalue weighted by Crippen LogP contribution is -2.33. The quantitative estimate of drug-likeness (QED) is 0.910. The number of nitrogens with zero attached hydrogens (tertiary/aromatic N) is 1. The zero-order valence-electron chi connectivity index (χ0n) is 13.8. The van der Waals surface area contributed by atoms with Crippen LogP contribution in [0.5, 0.6) is 0 Å². The van der Waals surface area contributed by atoms with Crippen LogP contribution in [0.4, 0.5) is 4.39 Å². The molecule has 1 aliphatic heterocycles. The van der Waals surface area contributed by atoms with Crippen molar-refractivity contribution in [2.75, 3.05) is 19.7 Å². The second kappa shape index (κ2) is 8.02. The summed E-state index contributed by atoms with van der Waals surface area (Å²) < 4.78 is 20.0. The highest BCUT2D eigenvalue weighted by Crippen LogP contribution is 2.22. The molecule has 1 heterocycles. The summed E-state index contributed by atoms with van der Waals surface area (Å²) in [4.78, 5) is 12.2. The molecule has 0 amide bonds. The number of nitriles is 1. The smallest absolute Gasteiger partial charge is 0.141 e. The molecule has 1 aliphatic rings. The largest absolute Gasteiger partial charge is 0.371 e. The van der Waals surface area contributed by atoms with Gasteiger partial charge in [0.05, 0.1) is 24.3 Å². The maximum atomic E-state index is 14.4. The number of carbonyl (C=O) groups is 1. The van der Waals surface area contributed by atoms with Crippen molar-refractivity contribution >= 4 is 5.78 Å². The Bertz CT molecular complexity index is 808. The Morgan fingerprint density at radius 2 is 2.16 bits per heavy atom. The first-order valence-electron chi connectivity index (χ1n) is 8.27. The van der Waals surface area contributed by atoms with Gasteiger partial charge in [0.1, 0.15) is 11.6 Å². The third-order valence-electron chi connectivity index (χ3n) is 4.22. The Morgan fingerprint density at radius 3 is 2.88 bits per heavy atom. The fraction of sp³-hybridized carbons (Fsp3) is 0.300. The molecule has 0 radical (unpaired) electrons. The predicted octanol–water partition coefficient (Wildman–Crippen LogP) is 2.71. The molecule has 1 fully saturated rings. The van der Waals surface area contributed by atoms with E-state index >= 15 is 0 Å². The first kappa shape index (κ1) is 17.3. The van der Waals surface area contributed by atoms with Gasteiger partial charge >= 0.3 is 0 Å². The standard InChI is InChI=1S/C20H19FN2O2/c21-19-11-17(20-13-23-6-7-25-20)5-4-16(19)10-18(24)9-14-2-1-3-15(8-14)12-22/h1-5,8,11,20,23H,6-7,9-10,13H2/t20-/m0/s1. The number of nitrogens with one attached hydrogen (secondary N) is 1. The zero-order valence-corrected chi connectivity index (χ0v) is 13.8. The number of ether oxygens (including phenoxy) is 1. The number of morpholine rings is 1. The van der Waals surface area contributed by atoms with Gasteiger partial charge in [-0.25, -0.2) is 4.39 Å². The number of hydrogen-bond donors (Lipinski definition) is 1.